The van der Waals surface area contributed by atoms with Gasteiger partial charge in [-0.2, -0.15) is 0 Å². The molecule has 1 aliphatic heterocycles. The molecule has 0 amide bonds. The van der Waals surface area contributed by atoms with E-state index in [1.807, 2.05) is 27.7 Å². The molecular weight excluding hydrogens is 596 g/mol. The molecule has 0 unspecified atom stereocenters. The number of benzene rings is 3. The van der Waals surface area contributed by atoms with Crippen molar-refractivity contribution < 1.29 is 27.8 Å². The van der Waals surface area contributed by atoms with Crippen molar-refractivity contribution in [2.75, 3.05) is 12.3 Å². The zero-order chi connectivity index (χ0) is 29.5. The van der Waals surface area contributed by atoms with Crippen molar-refractivity contribution in [1.82, 2.24) is 10.2 Å². The molecule has 0 radical (unpaired) electrons. The SMILES string of the molecule is CC1(C)O[C@@H](COc2ccc(-c3nnc(Cc4ccc(Cl)c(Oc5cc(N)cc(Cl)c5)c4F)o3)c(Cl)c2)C(C)(C)O1. The number of ether oxygens (including phenoxy) is 4. The first-order valence-electron chi connectivity index (χ1n) is 12.6. The Morgan fingerprint density at radius 2 is 1.73 bits per heavy atom. The van der Waals surface area contributed by atoms with E-state index in [1.165, 1.54) is 24.3 Å². The summed E-state index contributed by atoms with van der Waals surface area (Å²) in [7, 11) is 0. The van der Waals surface area contributed by atoms with E-state index in [9.17, 15) is 0 Å². The van der Waals surface area contributed by atoms with Gasteiger partial charge in [-0.25, -0.2) is 4.39 Å². The molecule has 1 atom stereocenters. The standard InChI is InChI=1S/C29H27Cl3FN3O5/c1-28(2)23(40-29(3,4)41-28)14-37-18-6-7-20(22(32)13-18)27-36-35-24(39-27)9-15-5-8-21(31)26(25(15)33)38-19-11-16(30)10-17(34)12-19/h5-8,10-13,23H,9,14,34H2,1-4H3/t23-/m0/s1. The number of anilines is 1. The van der Waals surface area contributed by atoms with Crippen molar-refractivity contribution in [1.29, 1.82) is 0 Å². The van der Waals surface area contributed by atoms with Crippen LogP contribution in [0.5, 0.6) is 17.2 Å². The molecule has 0 spiro atoms. The van der Waals surface area contributed by atoms with Gasteiger partial charge in [-0.05, 0) is 64.1 Å². The molecular formula is C29H27Cl3FN3O5. The van der Waals surface area contributed by atoms with E-state index in [2.05, 4.69) is 10.2 Å². The van der Waals surface area contributed by atoms with Crippen molar-refractivity contribution in [2.24, 2.45) is 0 Å². The van der Waals surface area contributed by atoms with Crippen LogP contribution in [-0.4, -0.2) is 34.3 Å². The van der Waals surface area contributed by atoms with E-state index >= 15 is 4.39 Å². The number of nitrogens with two attached hydrogens (primary N) is 1. The van der Waals surface area contributed by atoms with E-state index in [1.54, 1.807) is 24.3 Å². The molecule has 0 bridgehead atoms. The Bertz CT molecular complexity index is 1570. The predicted octanol–water partition coefficient (Wildman–Crippen LogP) is 8.11. The van der Waals surface area contributed by atoms with Crippen LogP contribution in [-0.2, 0) is 15.9 Å². The van der Waals surface area contributed by atoms with Gasteiger partial charge in [-0.3, -0.25) is 0 Å². The Morgan fingerprint density at radius 1 is 0.951 bits per heavy atom. The van der Waals surface area contributed by atoms with Crippen LogP contribution in [0.2, 0.25) is 15.1 Å². The molecule has 5 rings (SSSR count). The summed E-state index contributed by atoms with van der Waals surface area (Å²) in [5.41, 5.74) is 6.39. The summed E-state index contributed by atoms with van der Waals surface area (Å²) in [6.45, 7) is 7.92. The van der Waals surface area contributed by atoms with Crippen molar-refractivity contribution in [3.05, 3.63) is 80.9 Å². The summed E-state index contributed by atoms with van der Waals surface area (Å²) in [4.78, 5) is 0. The minimum absolute atomic E-state index is 0.0154. The number of nitrogens with zero attached hydrogens (tertiary/aromatic N) is 2. The van der Waals surface area contributed by atoms with Crippen LogP contribution < -0.4 is 15.2 Å². The molecule has 8 nitrogen and oxygen atoms in total. The summed E-state index contributed by atoms with van der Waals surface area (Å²) < 4.78 is 44.7. The minimum atomic E-state index is -0.692. The summed E-state index contributed by atoms with van der Waals surface area (Å²) in [6.07, 6.45) is -0.282. The second-order valence-electron chi connectivity index (χ2n) is 10.5. The number of hydrogen-bond acceptors (Lipinski definition) is 8. The first kappa shape index (κ1) is 29.4. The molecule has 4 aromatic rings. The highest BCUT2D eigenvalue weighted by atomic mass is 35.5. The highest BCUT2D eigenvalue weighted by molar-refractivity contribution is 6.33. The van der Waals surface area contributed by atoms with Gasteiger partial charge in [0.15, 0.2) is 17.4 Å². The molecule has 41 heavy (non-hydrogen) atoms. The van der Waals surface area contributed by atoms with Crippen LogP contribution in [0.1, 0.15) is 39.1 Å². The molecule has 3 aromatic carbocycles. The average molecular weight is 623 g/mol. The summed E-state index contributed by atoms with van der Waals surface area (Å²) in [5.74, 6) is -0.426. The smallest absolute Gasteiger partial charge is 0.249 e. The topological polar surface area (TPSA) is 102 Å². The van der Waals surface area contributed by atoms with Crippen LogP contribution in [0, 0.1) is 5.82 Å². The van der Waals surface area contributed by atoms with Crippen molar-refractivity contribution in [3.63, 3.8) is 0 Å². The third-order valence-electron chi connectivity index (χ3n) is 6.33. The first-order chi connectivity index (χ1) is 19.3. The lowest BCUT2D eigenvalue weighted by molar-refractivity contribution is -0.158. The van der Waals surface area contributed by atoms with E-state index in [-0.39, 0.29) is 53.0 Å². The third-order valence-corrected chi connectivity index (χ3v) is 7.16. The largest absolute Gasteiger partial charge is 0.491 e. The van der Waals surface area contributed by atoms with Crippen LogP contribution in [0.25, 0.3) is 11.5 Å². The normalized spacial score (nSPS) is 17.5. The fourth-order valence-corrected chi connectivity index (χ4v) is 5.20. The molecule has 12 heteroatoms. The Hall–Kier alpha value is -3.08. The molecule has 0 aliphatic carbocycles. The van der Waals surface area contributed by atoms with Crippen molar-refractivity contribution in [2.45, 2.75) is 51.6 Å². The minimum Gasteiger partial charge on any atom is -0.491 e. The highest BCUT2D eigenvalue weighted by Gasteiger charge is 2.47. The fourth-order valence-electron chi connectivity index (χ4n) is 4.53. The van der Waals surface area contributed by atoms with E-state index in [4.69, 9.17) is 63.9 Å². The predicted molar refractivity (Wildman–Crippen MR) is 155 cm³/mol. The highest BCUT2D eigenvalue weighted by Crippen LogP contribution is 2.38. The zero-order valence-electron chi connectivity index (χ0n) is 22.6. The van der Waals surface area contributed by atoms with Crippen LogP contribution in [0.3, 0.4) is 0 Å². The second kappa shape index (κ2) is 11.3. The van der Waals surface area contributed by atoms with Gasteiger partial charge in [-0.15, -0.1) is 10.2 Å². The number of halogens is 4. The number of aromatic nitrogens is 2. The van der Waals surface area contributed by atoms with Crippen molar-refractivity contribution >= 4 is 40.5 Å². The third kappa shape index (κ3) is 6.71. The van der Waals surface area contributed by atoms with Gasteiger partial charge in [0.05, 0.1) is 27.6 Å². The van der Waals surface area contributed by atoms with Gasteiger partial charge in [0.2, 0.25) is 11.8 Å². The van der Waals surface area contributed by atoms with Gasteiger partial charge in [0, 0.05) is 22.3 Å². The quantitative estimate of drug-likeness (QED) is 0.197. The second-order valence-corrected chi connectivity index (χ2v) is 11.8. The molecule has 1 fully saturated rings. The van der Waals surface area contributed by atoms with E-state index in [0.29, 0.717) is 27.0 Å². The maximum Gasteiger partial charge on any atom is 0.249 e. The molecule has 2 N–H and O–H groups in total. The van der Waals surface area contributed by atoms with Gasteiger partial charge < -0.3 is 29.1 Å². The fraction of sp³-hybridized carbons (Fsp3) is 0.310. The maximum absolute atomic E-state index is 15.4. The first-order valence-corrected chi connectivity index (χ1v) is 13.8. The van der Waals surface area contributed by atoms with Gasteiger partial charge in [-0.1, -0.05) is 40.9 Å². The maximum atomic E-state index is 15.4. The molecule has 0 saturated carbocycles. The van der Waals surface area contributed by atoms with Crippen molar-refractivity contribution in [3.8, 4) is 28.7 Å². The lowest BCUT2D eigenvalue weighted by Gasteiger charge is -2.24. The monoisotopic (exact) mass is 621 g/mol. The molecule has 2 heterocycles. The number of nitrogen functional groups attached to an aromatic ring is 1. The Morgan fingerprint density at radius 3 is 2.41 bits per heavy atom. The van der Waals surface area contributed by atoms with E-state index < -0.39 is 17.2 Å². The Balaban J connectivity index is 1.28. The summed E-state index contributed by atoms with van der Waals surface area (Å²) in [5, 5.41) is 8.90. The zero-order valence-corrected chi connectivity index (χ0v) is 24.9. The number of rotatable bonds is 8. The summed E-state index contributed by atoms with van der Waals surface area (Å²) >= 11 is 18.8. The lowest BCUT2D eigenvalue weighted by atomic mass is 10.0. The summed E-state index contributed by atoms with van der Waals surface area (Å²) in [6, 6.07) is 12.7. The van der Waals surface area contributed by atoms with Crippen LogP contribution in [0.15, 0.2) is 52.9 Å². The van der Waals surface area contributed by atoms with Gasteiger partial charge in [0.25, 0.3) is 0 Å². The van der Waals surface area contributed by atoms with Gasteiger partial charge in [0.1, 0.15) is 24.2 Å². The molecule has 1 aliphatic rings. The number of hydrogen-bond donors (Lipinski definition) is 1. The van der Waals surface area contributed by atoms with Crippen LogP contribution in [0.4, 0.5) is 10.1 Å². The van der Waals surface area contributed by atoms with Gasteiger partial charge >= 0.3 is 0 Å². The Kier molecular flexibility index (Phi) is 8.11. The lowest BCUT2D eigenvalue weighted by Crippen LogP contribution is -2.37. The molecule has 216 valence electrons. The van der Waals surface area contributed by atoms with Crippen LogP contribution >= 0.6 is 34.8 Å². The Labute approximate surface area is 251 Å². The average Bonchev–Trinajstić information content (AvgIpc) is 3.41. The molecule has 1 saturated heterocycles. The molecule has 1 aromatic heterocycles. The van der Waals surface area contributed by atoms with E-state index in [0.717, 1.165) is 0 Å².